The van der Waals surface area contributed by atoms with Gasteiger partial charge in [0.05, 0.1) is 6.61 Å². The van der Waals surface area contributed by atoms with Gasteiger partial charge >= 0.3 is 0 Å². The van der Waals surface area contributed by atoms with Crippen LogP contribution < -0.4 is 5.32 Å². The zero-order chi connectivity index (χ0) is 13.0. The van der Waals surface area contributed by atoms with Gasteiger partial charge in [0.2, 0.25) is 5.91 Å². The Bertz CT molecular complexity index is 274. The van der Waals surface area contributed by atoms with Gasteiger partial charge in [0.15, 0.2) is 0 Å². The number of ether oxygens (including phenoxy) is 1. The molecule has 1 N–H and O–H groups in total. The third-order valence-electron chi connectivity index (χ3n) is 4.44. The lowest BCUT2D eigenvalue weighted by atomic mass is 10.1. The molecular formula is C15H27NO2. The molecule has 3 heteroatoms. The lowest BCUT2D eigenvalue weighted by Gasteiger charge is -2.19. The van der Waals surface area contributed by atoms with Gasteiger partial charge in [-0.1, -0.05) is 19.8 Å². The first-order valence-corrected chi connectivity index (χ1v) is 7.60. The first kappa shape index (κ1) is 13.9. The number of rotatable bonds is 7. The highest BCUT2D eigenvalue weighted by atomic mass is 16.5. The molecule has 0 heterocycles. The predicted molar refractivity (Wildman–Crippen MR) is 72.3 cm³/mol. The Balaban J connectivity index is 1.76. The van der Waals surface area contributed by atoms with Crippen molar-refractivity contribution >= 4 is 5.91 Å². The van der Waals surface area contributed by atoms with E-state index in [1.54, 1.807) is 0 Å². The van der Waals surface area contributed by atoms with Crippen molar-refractivity contribution in [2.75, 3.05) is 13.2 Å². The minimum atomic E-state index is -0.208. The van der Waals surface area contributed by atoms with Crippen molar-refractivity contribution in [2.24, 2.45) is 17.8 Å². The summed E-state index contributed by atoms with van der Waals surface area (Å²) >= 11 is 0. The van der Waals surface area contributed by atoms with Crippen LogP contribution in [0.4, 0.5) is 0 Å². The molecule has 3 unspecified atom stereocenters. The fraction of sp³-hybridized carbons (Fsp3) is 0.933. The van der Waals surface area contributed by atoms with Crippen molar-refractivity contribution < 1.29 is 9.53 Å². The Kier molecular flexibility index (Phi) is 5.04. The summed E-state index contributed by atoms with van der Waals surface area (Å²) in [7, 11) is 0. The minimum absolute atomic E-state index is 0.0922. The van der Waals surface area contributed by atoms with Crippen LogP contribution in [0.2, 0.25) is 0 Å². The van der Waals surface area contributed by atoms with Crippen LogP contribution in [0.3, 0.4) is 0 Å². The van der Waals surface area contributed by atoms with E-state index < -0.39 is 0 Å². The van der Waals surface area contributed by atoms with Gasteiger partial charge in [-0.3, -0.25) is 4.79 Å². The molecular weight excluding hydrogens is 226 g/mol. The summed E-state index contributed by atoms with van der Waals surface area (Å²) in [5.74, 6) is 2.28. The van der Waals surface area contributed by atoms with E-state index in [4.69, 9.17) is 4.74 Å². The largest absolute Gasteiger partial charge is 0.368 e. The third-order valence-corrected chi connectivity index (χ3v) is 4.44. The van der Waals surface area contributed by atoms with Crippen LogP contribution in [0.25, 0.3) is 0 Å². The van der Waals surface area contributed by atoms with Gasteiger partial charge in [-0.05, 0) is 50.4 Å². The molecule has 0 saturated heterocycles. The van der Waals surface area contributed by atoms with Gasteiger partial charge in [-0.15, -0.1) is 0 Å². The average molecular weight is 253 g/mol. The monoisotopic (exact) mass is 253 g/mol. The summed E-state index contributed by atoms with van der Waals surface area (Å²) in [5, 5.41) is 2.91. The van der Waals surface area contributed by atoms with Crippen molar-refractivity contribution in [3.63, 3.8) is 0 Å². The molecule has 0 spiro atoms. The van der Waals surface area contributed by atoms with Crippen LogP contribution in [-0.2, 0) is 9.53 Å². The van der Waals surface area contributed by atoms with E-state index in [2.05, 4.69) is 12.2 Å². The van der Waals surface area contributed by atoms with Gasteiger partial charge in [-0.2, -0.15) is 0 Å². The number of carbonyl (C=O) groups is 1. The summed E-state index contributed by atoms with van der Waals surface area (Å²) < 4.78 is 5.93. The smallest absolute Gasteiger partial charge is 0.249 e. The molecule has 1 amide bonds. The maximum atomic E-state index is 12.0. The van der Waals surface area contributed by atoms with Gasteiger partial charge in [0.1, 0.15) is 6.10 Å². The molecule has 18 heavy (non-hydrogen) atoms. The van der Waals surface area contributed by atoms with E-state index in [-0.39, 0.29) is 12.0 Å². The molecule has 2 fully saturated rings. The van der Waals surface area contributed by atoms with Crippen molar-refractivity contribution in [1.29, 1.82) is 0 Å². The standard InChI is InChI=1S/C15H27NO2/c1-3-16-15(17)14(9-13-8-11(13)2)18-10-12-6-4-5-7-12/h11-14H,3-10H2,1-2H3,(H,16,17). The van der Waals surface area contributed by atoms with E-state index in [1.807, 2.05) is 6.92 Å². The highest BCUT2D eigenvalue weighted by Crippen LogP contribution is 2.41. The van der Waals surface area contributed by atoms with E-state index in [9.17, 15) is 4.79 Å². The molecule has 0 aromatic rings. The number of carbonyl (C=O) groups excluding carboxylic acids is 1. The van der Waals surface area contributed by atoms with E-state index in [0.29, 0.717) is 18.4 Å². The minimum Gasteiger partial charge on any atom is -0.368 e. The van der Waals surface area contributed by atoms with Crippen LogP contribution >= 0.6 is 0 Å². The Morgan fingerprint density at radius 1 is 1.39 bits per heavy atom. The quantitative estimate of drug-likeness (QED) is 0.757. The van der Waals surface area contributed by atoms with Crippen LogP contribution in [0, 0.1) is 17.8 Å². The fourth-order valence-electron chi connectivity index (χ4n) is 2.97. The molecule has 0 aromatic heterocycles. The Labute approximate surface area is 111 Å². The molecule has 2 saturated carbocycles. The second-order valence-electron chi connectivity index (χ2n) is 6.08. The molecule has 104 valence electrons. The van der Waals surface area contributed by atoms with Crippen LogP contribution in [0.15, 0.2) is 0 Å². The number of hydrogen-bond acceptors (Lipinski definition) is 2. The Hall–Kier alpha value is -0.570. The van der Waals surface area contributed by atoms with Crippen molar-refractivity contribution in [2.45, 2.75) is 58.5 Å². The van der Waals surface area contributed by atoms with Crippen molar-refractivity contribution in [3.05, 3.63) is 0 Å². The second-order valence-corrected chi connectivity index (χ2v) is 6.08. The third kappa shape index (κ3) is 3.98. The topological polar surface area (TPSA) is 38.3 Å². The highest BCUT2D eigenvalue weighted by molar-refractivity contribution is 5.80. The molecule has 2 rings (SSSR count). The summed E-state index contributed by atoms with van der Waals surface area (Å²) in [4.78, 5) is 12.0. The fourth-order valence-corrected chi connectivity index (χ4v) is 2.97. The average Bonchev–Trinajstić information content (AvgIpc) is 2.82. The van der Waals surface area contributed by atoms with Crippen LogP contribution in [0.1, 0.15) is 52.4 Å². The SMILES string of the molecule is CCNC(=O)C(CC1CC1C)OCC1CCCC1. The lowest BCUT2D eigenvalue weighted by molar-refractivity contribution is -0.134. The molecule has 2 aliphatic carbocycles. The predicted octanol–water partition coefficient (Wildman–Crippen LogP) is 2.74. The second kappa shape index (κ2) is 6.55. The summed E-state index contributed by atoms with van der Waals surface area (Å²) in [6, 6.07) is 0. The zero-order valence-corrected chi connectivity index (χ0v) is 11.8. The highest BCUT2D eigenvalue weighted by Gasteiger charge is 2.37. The van der Waals surface area contributed by atoms with Gasteiger partial charge in [0, 0.05) is 6.54 Å². The Morgan fingerprint density at radius 3 is 2.61 bits per heavy atom. The first-order chi connectivity index (χ1) is 8.70. The number of nitrogens with one attached hydrogen (secondary N) is 1. The zero-order valence-electron chi connectivity index (χ0n) is 11.8. The normalized spacial score (nSPS) is 29.2. The van der Waals surface area contributed by atoms with Gasteiger partial charge in [0.25, 0.3) is 0 Å². The van der Waals surface area contributed by atoms with E-state index in [1.165, 1.54) is 32.1 Å². The first-order valence-electron chi connectivity index (χ1n) is 7.60. The van der Waals surface area contributed by atoms with Crippen LogP contribution in [0.5, 0.6) is 0 Å². The van der Waals surface area contributed by atoms with Gasteiger partial charge in [-0.25, -0.2) is 0 Å². The molecule has 2 aliphatic rings. The maximum absolute atomic E-state index is 12.0. The molecule has 0 aromatic carbocycles. The number of hydrogen-bond donors (Lipinski definition) is 1. The molecule has 0 aliphatic heterocycles. The molecule has 3 atom stereocenters. The molecule has 3 nitrogen and oxygen atoms in total. The van der Waals surface area contributed by atoms with E-state index >= 15 is 0 Å². The van der Waals surface area contributed by atoms with E-state index in [0.717, 1.165) is 18.9 Å². The Morgan fingerprint density at radius 2 is 2.06 bits per heavy atom. The van der Waals surface area contributed by atoms with Crippen molar-refractivity contribution in [3.8, 4) is 0 Å². The molecule has 0 bridgehead atoms. The summed E-state index contributed by atoms with van der Waals surface area (Å²) in [6.45, 7) is 5.70. The maximum Gasteiger partial charge on any atom is 0.249 e. The number of likely N-dealkylation sites (N-methyl/N-ethyl adjacent to an activating group) is 1. The lowest BCUT2D eigenvalue weighted by Crippen LogP contribution is -2.37. The summed E-state index contributed by atoms with van der Waals surface area (Å²) in [6.07, 6.45) is 7.20. The summed E-state index contributed by atoms with van der Waals surface area (Å²) in [5.41, 5.74) is 0. The molecule has 0 radical (unpaired) electrons. The van der Waals surface area contributed by atoms with Crippen LogP contribution in [-0.4, -0.2) is 25.2 Å². The number of amides is 1. The van der Waals surface area contributed by atoms with Crippen molar-refractivity contribution in [1.82, 2.24) is 5.32 Å². The van der Waals surface area contributed by atoms with Gasteiger partial charge < -0.3 is 10.1 Å².